The highest BCUT2D eigenvalue weighted by Gasteiger charge is 2.26. The molecule has 1 heterocycles. The van der Waals surface area contributed by atoms with E-state index in [0.29, 0.717) is 6.54 Å². The normalized spacial score (nSPS) is 20.3. The summed E-state index contributed by atoms with van der Waals surface area (Å²) in [6, 6.07) is 5.54. The summed E-state index contributed by atoms with van der Waals surface area (Å²) >= 11 is 3.38. The molecule has 1 aliphatic rings. The van der Waals surface area contributed by atoms with E-state index in [2.05, 4.69) is 21.2 Å². The van der Waals surface area contributed by atoms with Crippen molar-refractivity contribution in [3.05, 3.63) is 28.2 Å². The van der Waals surface area contributed by atoms with Gasteiger partial charge in [0.05, 0.1) is 6.61 Å². The molecule has 0 saturated carbocycles. The van der Waals surface area contributed by atoms with Crippen LogP contribution in [-0.2, 0) is 11.4 Å². The zero-order valence-corrected chi connectivity index (χ0v) is 11.2. The minimum Gasteiger partial charge on any atom is -0.392 e. The number of aliphatic hydroxyl groups excluding tert-OH is 1. The van der Waals surface area contributed by atoms with Crippen molar-refractivity contribution in [2.75, 3.05) is 18.0 Å². The van der Waals surface area contributed by atoms with E-state index in [1.165, 1.54) is 0 Å². The quantitative estimate of drug-likeness (QED) is 0.864. The Morgan fingerprint density at radius 3 is 3.06 bits per heavy atom. The number of amides is 1. The number of nitrogens with zero attached hydrogens (tertiary/aromatic N) is 1. The molecule has 1 atom stereocenters. The van der Waals surface area contributed by atoms with E-state index < -0.39 is 0 Å². The number of piperazine rings is 1. The van der Waals surface area contributed by atoms with E-state index in [1.54, 1.807) is 0 Å². The summed E-state index contributed by atoms with van der Waals surface area (Å²) in [4.78, 5) is 13.6. The van der Waals surface area contributed by atoms with Crippen LogP contribution in [0.15, 0.2) is 22.7 Å². The van der Waals surface area contributed by atoms with Gasteiger partial charge in [-0.2, -0.15) is 0 Å². The monoisotopic (exact) mass is 298 g/mol. The van der Waals surface area contributed by atoms with Gasteiger partial charge < -0.3 is 15.3 Å². The molecular formula is C12H15BrN2O2. The molecule has 1 unspecified atom stereocenters. The number of rotatable bonds is 2. The maximum absolute atomic E-state index is 11.6. The van der Waals surface area contributed by atoms with Gasteiger partial charge in [0.25, 0.3) is 0 Å². The van der Waals surface area contributed by atoms with Crippen LogP contribution in [0.1, 0.15) is 12.5 Å². The highest BCUT2D eigenvalue weighted by Crippen LogP contribution is 2.27. The number of anilines is 1. The number of hydrogen-bond acceptors (Lipinski definition) is 3. The Kier molecular flexibility index (Phi) is 3.69. The fraction of sp³-hybridized carbons (Fsp3) is 0.417. The lowest BCUT2D eigenvalue weighted by molar-refractivity contribution is -0.122. The van der Waals surface area contributed by atoms with Gasteiger partial charge in [-0.25, -0.2) is 0 Å². The van der Waals surface area contributed by atoms with Crippen LogP contribution < -0.4 is 10.2 Å². The van der Waals surface area contributed by atoms with Gasteiger partial charge in [-0.3, -0.25) is 4.79 Å². The standard InChI is InChI=1S/C12H15BrN2O2/c1-8-12(17)14-4-5-15(8)11-3-2-10(13)6-9(11)7-16/h2-3,6,8,16H,4-5,7H2,1H3,(H,14,17). The molecule has 1 aromatic carbocycles. The van der Waals surface area contributed by atoms with Crippen molar-refractivity contribution in [2.45, 2.75) is 19.6 Å². The lowest BCUT2D eigenvalue weighted by Gasteiger charge is -2.35. The van der Waals surface area contributed by atoms with Crippen LogP contribution in [0.2, 0.25) is 0 Å². The molecule has 0 radical (unpaired) electrons. The predicted octanol–water partition coefficient (Wildman–Crippen LogP) is 1.27. The smallest absolute Gasteiger partial charge is 0.242 e. The zero-order valence-electron chi connectivity index (χ0n) is 9.61. The fourth-order valence-electron chi connectivity index (χ4n) is 2.07. The first kappa shape index (κ1) is 12.4. The third kappa shape index (κ3) is 2.45. The van der Waals surface area contributed by atoms with E-state index >= 15 is 0 Å². The molecule has 1 amide bonds. The molecule has 92 valence electrons. The third-order valence-corrected chi connectivity index (χ3v) is 3.51. The average molecular weight is 299 g/mol. The molecule has 1 aromatic rings. The van der Waals surface area contributed by atoms with Gasteiger partial charge in [-0.1, -0.05) is 15.9 Å². The SMILES string of the molecule is CC1C(=O)NCCN1c1ccc(Br)cc1CO. The Morgan fingerprint density at radius 2 is 2.35 bits per heavy atom. The molecule has 4 nitrogen and oxygen atoms in total. The first-order valence-electron chi connectivity index (χ1n) is 5.57. The number of carbonyl (C=O) groups excluding carboxylic acids is 1. The average Bonchev–Trinajstić information content (AvgIpc) is 2.33. The van der Waals surface area contributed by atoms with E-state index in [0.717, 1.165) is 22.3 Å². The van der Waals surface area contributed by atoms with Crippen LogP contribution in [0.3, 0.4) is 0 Å². The minimum atomic E-state index is -0.199. The van der Waals surface area contributed by atoms with Crippen molar-refractivity contribution >= 4 is 27.5 Å². The lowest BCUT2D eigenvalue weighted by Crippen LogP contribution is -2.54. The maximum Gasteiger partial charge on any atom is 0.242 e. The van der Waals surface area contributed by atoms with Gasteiger partial charge in [0.1, 0.15) is 6.04 Å². The number of halogens is 1. The Hall–Kier alpha value is -1.07. The Labute approximate surface area is 109 Å². The van der Waals surface area contributed by atoms with Crippen LogP contribution in [0, 0.1) is 0 Å². The first-order chi connectivity index (χ1) is 8.13. The van der Waals surface area contributed by atoms with Crippen LogP contribution in [0.4, 0.5) is 5.69 Å². The summed E-state index contributed by atoms with van der Waals surface area (Å²) in [5, 5.41) is 12.2. The summed E-state index contributed by atoms with van der Waals surface area (Å²) in [5.74, 6) is 0.0306. The van der Waals surface area contributed by atoms with E-state index in [1.807, 2.05) is 30.0 Å². The molecule has 17 heavy (non-hydrogen) atoms. The summed E-state index contributed by atoms with van der Waals surface area (Å²) in [7, 11) is 0. The summed E-state index contributed by atoms with van der Waals surface area (Å²) in [5.41, 5.74) is 1.76. The van der Waals surface area contributed by atoms with Crippen molar-refractivity contribution in [3.8, 4) is 0 Å². The minimum absolute atomic E-state index is 0.0282. The molecular weight excluding hydrogens is 284 g/mol. The lowest BCUT2D eigenvalue weighted by atomic mass is 10.1. The van der Waals surface area contributed by atoms with Crippen molar-refractivity contribution in [3.63, 3.8) is 0 Å². The van der Waals surface area contributed by atoms with Gasteiger partial charge >= 0.3 is 0 Å². The molecule has 1 fully saturated rings. The van der Waals surface area contributed by atoms with Crippen LogP contribution in [0.5, 0.6) is 0 Å². The largest absolute Gasteiger partial charge is 0.392 e. The number of hydrogen-bond donors (Lipinski definition) is 2. The van der Waals surface area contributed by atoms with Crippen LogP contribution >= 0.6 is 15.9 Å². The fourth-order valence-corrected chi connectivity index (χ4v) is 2.48. The molecule has 0 aliphatic carbocycles. The van der Waals surface area contributed by atoms with Crippen molar-refractivity contribution in [1.82, 2.24) is 5.32 Å². The van der Waals surface area contributed by atoms with Crippen molar-refractivity contribution in [2.24, 2.45) is 0 Å². The molecule has 1 saturated heterocycles. The van der Waals surface area contributed by atoms with Gasteiger partial charge in [0, 0.05) is 28.8 Å². The Morgan fingerprint density at radius 1 is 1.59 bits per heavy atom. The van der Waals surface area contributed by atoms with Gasteiger partial charge in [0.2, 0.25) is 5.91 Å². The molecule has 5 heteroatoms. The van der Waals surface area contributed by atoms with Crippen molar-refractivity contribution in [1.29, 1.82) is 0 Å². The molecule has 0 spiro atoms. The maximum atomic E-state index is 11.6. The van der Waals surface area contributed by atoms with E-state index in [9.17, 15) is 9.90 Å². The summed E-state index contributed by atoms with van der Waals surface area (Å²) < 4.78 is 0.930. The van der Waals surface area contributed by atoms with Crippen molar-refractivity contribution < 1.29 is 9.90 Å². The van der Waals surface area contributed by atoms with Gasteiger partial charge in [-0.15, -0.1) is 0 Å². The zero-order chi connectivity index (χ0) is 12.4. The summed E-state index contributed by atoms with van der Waals surface area (Å²) in [6.45, 7) is 3.25. The second-order valence-corrected chi connectivity index (χ2v) is 5.01. The number of benzene rings is 1. The third-order valence-electron chi connectivity index (χ3n) is 3.02. The second-order valence-electron chi connectivity index (χ2n) is 4.09. The summed E-state index contributed by atoms with van der Waals surface area (Å²) in [6.07, 6.45) is 0. The second kappa shape index (κ2) is 5.06. The Balaban J connectivity index is 2.35. The number of nitrogens with one attached hydrogen (secondary N) is 1. The molecule has 1 aliphatic heterocycles. The van der Waals surface area contributed by atoms with E-state index in [4.69, 9.17) is 0 Å². The number of carbonyl (C=O) groups is 1. The van der Waals surface area contributed by atoms with Crippen LogP contribution in [0.25, 0.3) is 0 Å². The number of aliphatic hydroxyl groups is 1. The molecule has 0 bridgehead atoms. The van der Waals surface area contributed by atoms with Crippen LogP contribution in [-0.4, -0.2) is 30.1 Å². The van der Waals surface area contributed by atoms with Gasteiger partial charge in [0.15, 0.2) is 0 Å². The first-order valence-corrected chi connectivity index (χ1v) is 6.36. The highest BCUT2D eigenvalue weighted by atomic mass is 79.9. The van der Waals surface area contributed by atoms with Gasteiger partial charge in [-0.05, 0) is 25.1 Å². The topological polar surface area (TPSA) is 52.6 Å². The molecule has 2 N–H and O–H groups in total. The predicted molar refractivity (Wildman–Crippen MR) is 69.9 cm³/mol. The molecule has 2 rings (SSSR count). The van der Waals surface area contributed by atoms with E-state index in [-0.39, 0.29) is 18.6 Å². The molecule has 0 aromatic heterocycles. The highest BCUT2D eigenvalue weighted by molar-refractivity contribution is 9.10. The Bertz CT molecular complexity index is 437.